The molecule has 4 aromatic rings. The van der Waals surface area contributed by atoms with Gasteiger partial charge in [-0.25, -0.2) is 15.0 Å². The summed E-state index contributed by atoms with van der Waals surface area (Å²) < 4.78 is 0. The van der Waals surface area contributed by atoms with Crippen molar-refractivity contribution in [3.63, 3.8) is 0 Å². The molecule has 3 N–H and O–H groups in total. The molecule has 0 saturated carbocycles. The topological polar surface area (TPSA) is 89.3 Å². The van der Waals surface area contributed by atoms with E-state index in [9.17, 15) is 0 Å². The van der Waals surface area contributed by atoms with E-state index < -0.39 is 0 Å². The predicted molar refractivity (Wildman–Crippen MR) is 103 cm³/mol. The molecule has 0 fully saturated rings. The van der Waals surface area contributed by atoms with Crippen molar-refractivity contribution in [2.24, 2.45) is 0 Å². The highest BCUT2D eigenvalue weighted by Crippen LogP contribution is 2.34. The smallest absolute Gasteiger partial charge is 0.130 e. The second-order valence-corrected chi connectivity index (χ2v) is 7.14. The van der Waals surface area contributed by atoms with Gasteiger partial charge in [-0.3, -0.25) is 4.90 Å². The van der Waals surface area contributed by atoms with Crippen LogP contribution in [0.1, 0.15) is 47.4 Å². The third kappa shape index (κ3) is 2.75. The summed E-state index contributed by atoms with van der Waals surface area (Å²) >= 11 is 0. The second-order valence-electron chi connectivity index (χ2n) is 7.14. The van der Waals surface area contributed by atoms with E-state index in [1.807, 2.05) is 18.2 Å². The summed E-state index contributed by atoms with van der Waals surface area (Å²) in [7, 11) is 0. The Morgan fingerprint density at radius 3 is 2.89 bits per heavy atom. The molecule has 3 aromatic heterocycles. The zero-order chi connectivity index (χ0) is 18.4. The third-order valence-corrected chi connectivity index (χ3v) is 5.41. The highest BCUT2D eigenvalue weighted by Gasteiger charge is 2.33. The lowest BCUT2D eigenvalue weighted by molar-refractivity contribution is 0.192. The average Bonchev–Trinajstić information content (AvgIpc) is 3.39. The van der Waals surface area contributed by atoms with Crippen molar-refractivity contribution >= 4 is 11.0 Å². The molecule has 0 saturated heterocycles. The molecule has 0 bridgehead atoms. The van der Waals surface area contributed by atoms with E-state index in [-0.39, 0.29) is 6.04 Å². The molecule has 0 aliphatic carbocycles. The highest BCUT2D eigenvalue weighted by molar-refractivity contribution is 5.75. The summed E-state index contributed by atoms with van der Waals surface area (Å²) in [6, 6.07) is 8.15. The Labute approximate surface area is 157 Å². The first-order chi connectivity index (χ1) is 13.2. The standard InChI is InChI=1S/C20H23N7/c1-3-17-23-12(2)16(24-17)10-27-9-8-15-18(22-11-21-15)19(27)20-25-13-6-4-5-7-14(13)26-20/h4-7,11,19H,3,8-10H2,1-2H3,(H,21,22)(H,23,24)(H,25,26)/t19-/m1/s1. The van der Waals surface area contributed by atoms with Crippen molar-refractivity contribution < 1.29 is 0 Å². The normalized spacial score (nSPS) is 17.5. The van der Waals surface area contributed by atoms with E-state index in [1.54, 1.807) is 6.33 Å². The first-order valence-electron chi connectivity index (χ1n) is 9.48. The predicted octanol–water partition coefficient (Wildman–Crippen LogP) is 3.03. The monoisotopic (exact) mass is 361 g/mol. The van der Waals surface area contributed by atoms with Crippen molar-refractivity contribution in [2.45, 2.75) is 39.3 Å². The van der Waals surface area contributed by atoms with Crippen molar-refractivity contribution in [3.8, 4) is 0 Å². The number of aryl methyl sites for hydroxylation is 2. The number of nitrogens with zero attached hydrogens (tertiary/aromatic N) is 4. The van der Waals surface area contributed by atoms with Crippen LogP contribution in [0.5, 0.6) is 0 Å². The summed E-state index contributed by atoms with van der Waals surface area (Å²) in [5, 5.41) is 0. The molecule has 4 heterocycles. The van der Waals surface area contributed by atoms with Gasteiger partial charge in [0.2, 0.25) is 0 Å². The Balaban J connectivity index is 1.56. The van der Waals surface area contributed by atoms with Gasteiger partial charge in [-0.05, 0) is 19.1 Å². The van der Waals surface area contributed by atoms with Crippen LogP contribution < -0.4 is 0 Å². The first kappa shape index (κ1) is 16.3. The van der Waals surface area contributed by atoms with Gasteiger partial charge in [0.15, 0.2) is 0 Å². The Morgan fingerprint density at radius 1 is 1.19 bits per heavy atom. The quantitative estimate of drug-likeness (QED) is 0.521. The Morgan fingerprint density at radius 2 is 2.07 bits per heavy atom. The van der Waals surface area contributed by atoms with Gasteiger partial charge in [0.1, 0.15) is 17.7 Å². The number of hydrogen-bond donors (Lipinski definition) is 3. The maximum absolute atomic E-state index is 4.87. The van der Waals surface area contributed by atoms with Crippen LogP contribution in [0.15, 0.2) is 30.6 Å². The van der Waals surface area contributed by atoms with Gasteiger partial charge >= 0.3 is 0 Å². The molecule has 5 rings (SSSR count). The van der Waals surface area contributed by atoms with Gasteiger partial charge < -0.3 is 15.0 Å². The molecule has 0 radical (unpaired) electrons. The molecule has 0 unspecified atom stereocenters. The van der Waals surface area contributed by atoms with Gasteiger partial charge in [0, 0.05) is 37.3 Å². The zero-order valence-corrected chi connectivity index (χ0v) is 15.6. The minimum atomic E-state index is -0.00595. The fourth-order valence-electron chi connectivity index (χ4n) is 3.98. The number of benzene rings is 1. The summed E-state index contributed by atoms with van der Waals surface area (Å²) in [4.78, 5) is 26.9. The van der Waals surface area contributed by atoms with Crippen LogP contribution in [0.4, 0.5) is 0 Å². The van der Waals surface area contributed by atoms with E-state index in [4.69, 9.17) is 9.97 Å². The molecule has 1 aliphatic heterocycles. The van der Waals surface area contributed by atoms with Crippen LogP contribution >= 0.6 is 0 Å². The van der Waals surface area contributed by atoms with Gasteiger partial charge in [-0.2, -0.15) is 0 Å². The van der Waals surface area contributed by atoms with E-state index in [2.05, 4.69) is 44.7 Å². The molecular formula is C20H23N7. The van der Waals surface area contributed by atoms with E-state index >= 15 is 0 Å². The van der Waals surface area contributed by atoms with Gasteiger partial charge in [0.25, 0.3) is 0 Å². The van der Waals surface area contributed by atoms with E-state index in [0.717, 1.165) is 65.7 Å². The lowest BCUT2D eigenvalue weighted by Crippen LogP contribution is -2.36. The molecular weight excluding hydrogens is 338 g/mol. The van der Waals surface area contributed by atoms with E-state index in [0.29, 0.717) is 0 Å². The fraction of sp³-hybridized carbons (Fsp3) is 0.350. The largest absolute Gasteiger partial charge is 0.348 e. The van der Waals surface area contributed by atoms with Crippen LogP contribution in [0.3, 0.4) is 0 Å². The molecule has 138 valence electrons. The zero-order valence-electron chi connectivity index (χ0n) is 15.6. The lowest BCUT2D eigenvalue weighted by atomic mass is 10.0. The number of fused-ring (bicyclic) bond motifs is 2. The number of para-hydroxylation sites is 2. The number of imidazole rings is 3. The molecule has 1 aromatic carbocycles. The SMILES string of the molecule is CCc1nc(CN2CCc3[nH]cnc3[C@@H]2c2nc3ccccc3[nH]2)c(C)[nH]1. The molecule has 1 aliphatic rings. The van der Waals surface area contributed by atoms with Crippen molar-refractivity contribution in [3.05, 3.63) is 65.0 Å². The van der Waals surface area contributed by atoms with E-state index in [1.165, 1.54) is 5.69 Å². The van der Waals surface area contributed by atoms with Crippen molar-refractivity contribution in [1.82, 2.24) is 34.8 Å². The number of nitrogens with one attached hydrogen (secondary N) is 3. The molecule has 7 nitrogen and oxygen atoms in total. The number of H-pyrrole nitrogens is 3. The number of rotatable bonds is 4. The third-order valence-electron chi connectivity index (χ3n) is 5.41. The molecule has 0 spiro atoms. The maximum atomic E-state index is 4.87. The lowest BCUT2D eigenvalue weighted by Gasteiger charge is -2.33. The summed E-state index contributed by atoms with van der Waals surface area (Å²) in [5.41, 5.74) is 6.54. The van der Waals surface area contributed by atoms with Gasteiger partial charge in [0.05, 0.1) is 28.7 Å². The Kier molecular flexibility index (Phi) is 3.82. The van der Waals surface area contributed by atoms with Crippen LogP contribution in [-0.2, 0) is 19.4 Å². The average molecular weight is 361 g/mol. The first-order valence-corrected chi connectivity index (χ1v) is 9.48. The second kappa shape index (κ2) is 6.35. The highest BCUT2D eigenvalue weighted by atomic mass is 15.2. The Bertz CT molecular complexity index is 1050. The van der Waals surface area contributed by atoms with Crippen LogP contribution in [0, 0.1) is 6.92 Å². The van der Waals surface area contributed by atoms with Crippen LogP contribution in [-0.4, -0.2) is 41.3 Å². The maximum Gasteiger partial charge on any atom is 0.130 e. The number of hydrogen-bond acceptors (Lipinski definition) is 4. The number of aromatic nitrogens is 6. The number of aromatic amines is 3. The molecule has 7 heteroatoms. The summed E-state index contributed by atoms with van der Waals surface area (Å²) in [5.74, 6) is 1.98. The Hall–Kier alpha value is -2.93. The van der Waals surface area contributed by atoms with Crippen molar-refractivity contribution in [2.75, 3.05) is 6.54 Å². The molecule has 0 amide bonds. The van der Waals surface area contributed by atoms with Crippen molar-refractivity contribution in [1.29, 1.82) is 0 Å². The van der Waals surface area contributed by atoms with Gasteiger partial charge in [-0.1, -0.05) is 19.1 Å². The van der Waals surface area contributed by atoms with Crippen LogP contribution in [0.25, 0.3) is 11.0 Å². The fourth-order valence-corrected chi connectivity index (χ4v) is 3.98. The molecule has 27 heavy (non-hydrogen) atoms. The minimum Gasteiger partial charge on any atom is -0.348 e. The minimum absolute atomic E-state index is 0.00595. The summed E-state index contributed by atoms with van der Waals surface area (Å²) in [6.45, 7) is 5.93. The van der Waals surface area contributed by atoms with Gasteiger partial charge in [-0.15, -0.1) is 0 Å². The summed E-state index contributed by atoms with van der Waals surface area (Å²) in [6.07, 6.45) is 3.66. The van der Waals surface area contributed by atoms with Crippen LogP contribution in [0.2, 0.25) is 0 Å². The molecule has 1 atom stereocenters.